The summed E-state index contributed by atoms with van der Waals surface area (Å²) in [6.07, 6.45) is 3.11. The van der Waals surface area contributed by atoms with Crippen LogP contribution in [0.5, 0.6) is 0 Å². The number of halogens is 1. The molecule has 2 aromatic rings. The Morgan fingerprint density at radius 1 is 1.00 bits per heavy atom. The van der Waals surface area contributed by atoms with E-state index < -0.39 is 10.0 Å². The Labute approximate surface area is 134 Å². The van der Waals surface area contributed by atoms with Crippen LogP contribution in [0.3, 0.4) is 0 Å². The summed E-state index contributed by atoms with van der Waals surface area (Å²) < 4.78 is 23.0. The third-order valence-electron chi connectivity index (χ3n) is 3.86. The van der Waals surface area contributed by atoms with Crippen LogP contribution in [0.15, 0.2) is 41.3 Å². The molecule has 0 amide bonds. The predicted molar refractivity (Wildman–Crippen MR) is 84.7 cm³/mol. The average molecular weight is 336 g/mol. The van der Waals surface area contributed by atoms with Gasteiger partial charge in [0.25, 0.3) is 0 Å². The van der Waals surface area contributed by atoms with E-state index in [1.807, 2.05) is 12.1 Å². The summed E-state index contributed by atoms with van der Waals surface area (Å²) in [5.41, 5.74) is 3.26. The van der Waals surface area contributed by atoms with Crippen LogP contribution < -0.4 is 5.14 Å². The molecule has 0 fully saturated rings. The number of carbonyl (C=O) groups is 1. The maximum absolute atomic E-state index is 12.6. The van der Waals surface area contributed by atoms with Gasteiger partial charge in [0.1, 0.15) is 4.90 Å². The maximum atomic E-state index is 12.6. The lowest BCUT2D eigenvalue weighted by atomic mass is 9.99. The monoisotopic (exact) mass is 335 g/mol. The van der Waals surface area contributed by atoms with Gasteiger partial charge < -0.3 is 0 Å². The number of hydrogen-bond acceptors (Lipinski definition) is 3. The number of fused-ring (bicyclic) bond motifs is 1. The van der Waals surface area contributed by atoms with E-state index in [9.17, 15) is 13.2 Å². The molecule has 0 saturated heterocycles. The van der Waals surface area contributed by atoms with Gasteiger partial charge in [-0.05, 0) is 54.7 Å². The molecule has 0 bridgehead atoms. The maximum Gasteiger partial charge on any atom is 0.239 e. The molecule has 0 saturated carbocycles. The summed E-state index contributed by atoms with van der Waals surface area (Å²) in [5.74, 6) is -0.240. The van der Waals surface area contributed by atoms with E-state index in [1.165, 1.54) is 29.3 Å². The highest BCUT2D eigenvalue weighted by molar-refractivity contribution is 7.89. The summed E-state index contributed by atoms with van der Waals surface area (Å²) >= 11 is 5.84. The number of aryl methyl sites for hydroxylation is 2. The molecule has 0 spiro atoms. The van der Waals surface area contributed by atoms with Gasteiger partial charge in [-0.1, -0.05) is 23.7 Å². The van der Waals surface area contributed by atoms with Gasteiger partial charge in [0.15, 0.2) is 5.78 Å². The zero-order chi connectivity index (χ0) is 15.9. The summed E-state index contributed by atoms with van der Waals surface area (Å²) in [4.78, 5) is 12.3. The van der Waals surface area contributed by atoms with Crippen molar-refractivity contribution in [1.82, 2.24) is 0 Å². The van der Waals surface area contributed by atoms with Crippen molar-refractivity contribution in [3.8, 4) is 0 Å². The molecule has 0 heterocycles. The smallest absolute Gasteiger partial charge is 0.239 e. The largest absolute Gasteiger partial charge is 0.289 e. The van der Waals surface area contributed by atoms with Crippen molar-refractivity contribution >= 4 is 27.4 Å². The van der Waals surface area contributed by atoms with Gasteiger partial charge in [-0.3, -0.25) is 4.79 Å². The van der Waals surface area contributed by atoms with Gasteiger partial charge in [0.2, 0.25) is 10.0 Å². The fourth-order valence-corrected chi connectivity index (χ4v) is 3.81. The van der Waals surface area contributed by atoms with Crippen LogP contribution in [0, 0.1) is 0 Å². The number of nitrogens with two attached hydrogens (primary N) is 1. The highest BCUT2D eigenvalue weighted by atomic mass is 35.5. The lowest BCUT2D eigenvalue weighted by Gasteiger charge is -2.07. The van der Waals surface area contributed by atoms with Gasteiger partial charge in [0, 0.05) is 11.1 Å². The first kappa shape index (κ1) is 15.2. The molecule has 6 heteroatoms. The summed E-state index contributed by atoms with van der Waals surface area (Å²) in [5, 5.41) is 5.12. The van der Waals surface area contributed by atoms with Gasteiger partial charge >= 0.3 is 0 Å². The van der Waals surface area contributed by atoms with Crippen LogP contribution in [-0.2, 0) is 22.9 Å². The van der Waals surface area contributed by atoms with Gasteiger partial charge in [-0.2, -0.15) is 0 Å². The number of benzene rings is 2. The molecule has 0 aliphatic heterocycles. The number of rotatable bonds is 3. The first-order valence-corrected chi connectivity index (χ1v) is 8.77. The first-order chi connectivity index (χ1) is 10.4. The molecule has 22 heavy (non-hydrogen) atoms. The lowest BCUT2D eigenvalue weighted by molar-refractivity contribution is 0.103. The Morgan fingerprint density at radius 3 is 2.36 bits per heavy atom. The van der Waals surface area contributed by atoms with Crippen LogP contribution in [0.1, 0.15) is 33.5 Å². The molecule has 3 rings (SSSR count). The fraction of sp³-hybridized carbons (Fsp3) is 0.188. The van der Waals surface area contributed by atoms with Crippen molar-refractivity contribution in [3.63, 3.8) is 0 Å². The second-order valence-electron chi connectivity index (χ2n) is 5.36. The Hall–Kier alpha value is -1.69. The minimum absolute atomic E-state index is 0.00741. The Kier molecular flexibility index (Phi) is 3.80. The van der Waals surface area contributed by atoms with Crippen molar-refractivity contribution in [2.24, 2.45) is 5.14 Å². The van der Waals surface area contributed by atoms with Crippen LogP contribution in [0.25, 0.3) is 0 Å². The highest BCUT2D eigenvalue weighted by Crippen LogP contribution is 2.26. The SMILES string of the molecule is NS(=O)(=O)c1cc(C(=O)c2ccc3c(c2)CCC3)ccc1Cl. The van der Waals surface area contributed by atoms with Crippen LogP contribution in [0.4, 0.5) is 0 Å². The standard InChI is InChI=1S/C16H14ClNO3S/c17-14-7-6-13(9-15(14)22(18,20)21)16(19)12-5-4-10-2-1-3-11(10)8-12/h4-9H,1-3H2,(H2,18,20,21). The van der Waals surface area contributed by atoms with E-state index in [0.29, 0.717) is 5.56 Å². The topological polar surface area (TPSA) is 77.2 Å². The highest BCUT2D eigenvalue weighted by Gasteiger charge is 2.19. The van der Waals surface area contributed by atoms with E-state index >= 15 is 0 Å². The molecule has 0 aromatic heterocycles. The third kappa shape index (κ3) is 2.79. The quantitative estimate of drug-likeness (QED) is 0.876. The fourth-order valence-electron chi connectivity index (χ4n) is 2.74. The van der Waals surface area contributed by atoms with Crippen molar-refractivity contribution in [2.75, 3.05) is 0 Å². The average Bonchev–Trinajstić information content (AvgIpc) is 2.93. The normalized spacial score (nSPS) is 13.9. The summed E-state index contributed by atoms with van der Waals surface area (Å²) in [6.45, 7) is 0. The zero-order valence-corrected chi connectivity index (χ0v) is 13.2. The van der Waals surface area contributed by atoms with Gasteiger partial charge in [0.05, 0.1) is 5.02 Å². The van der Waals surface area contributed by atoms with Crippen LogP contribution in [-0.4, -0.2) is 14.2 Å². The Bertz CT molecular complexity index is 875. The van der Waals surface area contributed by atoms with Crippen molar-refractivity contribution in [3.05, 3.63) is 63.7 Å². The van der Waals surface area contributed by atoms with Crippen LogP contribution in [0.2, 0.25) is 5.02 Å². The first-order valence-electron chi connectivity index (χ1n) is 6.85. The molecule has 0 radical (unpaired) electrons. The second-order valence-corrected chi connectivity index (χ2v) is 7.29. The summed E-state index contributed by atoms with van der Waals surface area (Å²) in [7, 11) is -3.97. The van der Waals surface area contributed by atoms with Crippen molar-refractivity contribution in [1.29, 1.82) is 0 Å². The Balaban J connectivity index is 2.03. The van der Waals surface area contributed by atoms with E-state index in [1.54, 1.807) is 6.07 Å². The number of primary sulfonamides is 1. The lowest BCUT2D eigenvalue weighted by Crippen LogP contribution is -2.14. The van der Waals surface area contributed by atoms with Crippen LogP contribution >= 0.6 is 11.6 Å². The zero-order valence-electron chi connectivity index (χ0n) is 11.7. The number of sulfonamides is 1. The third-order valence-corrected chi connectivity index (χ3v) is 5.25. The second kappa shape index (κ2) is 5.50. The van der Waals surface area contributed by atoms with E-state index in [-0.39, 0.29) is 21.3 Å². The van der Waals surface area contributed by atoms with E-state index in [4.69, 9.17) is 16.7 Å². The molecule has 0 atom stereocenters. The molecule has 2 aromatic carbocycles. The molecule has 1 aliphatic rings. The number of hydrogen-bond donors (Lipinski definition) is 1. The summed E-state index contributed by atoms with van der Waals surface area (Å²) in [6, 6.07) is 9.74. The minimum Gasteiger partial charge on any atom is -0.289 e. The van der Waals surface area contributed by atoms with E-state index in [0.717, 1.165) is 19.3 Å². The molecule has 114 valence electrons. The number of carbonyl (C=O) groups excluding carboxylic acids is 1. The molecular weight excluding hydrogens is 322 g/mol. The van der Waals surface area contributed by atoms with E-state index in [2.05, 4.69) is 0 Å². The molecule has 1 aliphatic carbocycles. The Morgan fingerprint density at radius 2 is 1.64 bits per heavy atom. The van der Waals surface area contributed by atoms with Gasteiger partial charge in [-0.25, -0.2) is 13.6 Å². The number of ketones is 1. The van der Waals surface area contributed by atoms with Gasteiger partial charge in [-0.15, -0.1) is 0 Å². The predicted octanol–water partition coefficient (Wildman–Crippen LogP) is 2.71. The molecular formula is C16H14ClNO3S. The molecule has 0 unspecified atom stereocenters. The minimum atomic E-state index is -3.97. The van der Waals surface area contributed by atoms with Crippen molar-refractivity contribution < 1.29 is 13.2 Å². The molecule has 4 nitrogen and oxygen atoms in total. The molecule has 2 N–H and O–H groups in total. The van der Waals surface area contributed by atoms with Crippen molar-refractivity contribution in [2.45, 2.75) is 24.2 Å².